The molecule has 0 aliphatic carbocycles. The van der Waals surface area contributed by atoms with Crippen LogP contribution in [0, 0.1) is 11.8 Å². The van der Waals surface area contributed by atoms with Crippen LogP contribution >= 0.6 is 0 Å². The molecule has 46 heavy (non-hydrogen) atoms. The van der Waals surface area contributed by atoms with E-state index in [1.807, 2.05) is 38.2 Å². The molecule has 0 saturated carbocycles. The number of carbonyl (C=O) groups excluding carboxylic acids is 3. The fourth-order valence-electron chi connectivity index (χ4n) is 7.54. The summed E-state index contributed by atoms with van der Waals surface area (Å²) in [6, 6.07) is 5.57. The molecule has 4 heterocycles. The second-order valence-corrected chi connectivity index (χ2v) is 17.3. The molecule has 3 aliphatic heterocycles. The van der Waals surface area contributed by atoms with Crippen LogP contribution in [0.5, 0.6) is 0 Å². The lowest BCUT2D eigenvalue weighted by Crippen LogP contribution is -2.46. The number of rotatable bonds is 13. The minimum Gasteiger partial charge on any atom is -0.469 e. The maximum atomic E-state index is 14.6. The Bertz CT molecular complexity index is 1410. The van der Waals surface area contributed by atoms with E-state index in [1.165, 1.54) is 7.11 Å². The molecule has 5 rings (SSSR count). The summed E-state index contributed by atoms with van der Waals surface area (Å²) in [7, 11) is -1.51. The molecule has 13 nitrogen and oxygen atoms in total. The Hall–Kier alpha value is -3.17. The van der Waals surface area contributed by atoms with Crippen LogP contribution in [0.25, 0.3) is 0 Å². The minimum absolute atomic E-state index is 0.0163. The standard InChI is InChI=1S/C32H48N6O7Si/c1-21-29(46(3,4)43)27(12-16-37-20-24(13-17-39)35-36-37)45-32(21)25-18-23(34-30(41)22-8-7-14-33-19-22)10-11-26(25)38(31(32)42)15-6-5-9-28(40)44-2/h10-11,18,20-22,27,29,33,39,43H,5-9,12-17,19H2,1-4H3,(H,34,41)/t21-,22?,27+,29-,32+/m0/s1. The highest BCUT2D eigenvalue weighted by molar-refractivity contribution is 6.71. The van der Waals surface area contributed by atoms with Gasteiger partial charge < -0.3 is 34.9 Å². The largest absolute Gasteiger partial charge is 0.469 e. The van der Waals surface area contributed by atoms with E-state index < -0.39 is 20.0 Å². The van der Waals surface area contributed by atoms with Gasteiger partial charge in [-0.05, 0) is 69.9 Å². The van der Waals surface area contributed by atoms with Crippen LogP contribution in [0.3, 0.4) is 0 Å². The van der Waals surface area contributed by atoms with Crippen LogP contribution in [0.2, 0.25) is 18.6 Å². The van der Waals surface area contributed by atoms with Crippen molar-refractivity contribution in [3.8, 4) is 0 Å². The Morgan fingerprint density at radius 2 is 2.07 bits per heavy atom. The number of fused-ring (bicyclic) bond motifs is 2. The quantitative estimate of drug-likeness (QED) is 0.143. The second kappa shape index (κ2) is 14.3. The van der Waals surface area contributed by atoms with Gasteiger partial charge in [-0.15, -0.1) is 5.10 Å². The Morgan fingerprint density at radius 3 is 2.76 bits per heavy atom. The predicted molar refractivity (Wildman–Crippen MR) is 173 cm³/mol. The molecule has 2 saturated heterocycles. The number of amides is 2. The van der Waals surface area contributed by atoms with Gasteiger partial charge in [-0.1, -0.05) is 12.1 Å². The molecule has 2 fully saturated rings. The first kappa shape index (κ1) is 34.2. The predicted octanol–water partition coefficient (Wildman–Crippen LogP) is 2.33. The summed E-state index contributed by atoms with van der Waals surface area (Å²) in [5, 5.41) is 23.9. The summed E-state index contributed by atoms with van der Waals surface area (Å²) in [5.74, 6) is -1.02. The first-order valence-electron chi connectivity index (χ1n) is 16.4. The molecular formula is C32H48N6O7Si. The molecule has 0 bridgehead atoms. The van der Waals surface area contributed by atoms with Gasteiger partial charge in [-0.3, -0.25) is 19.1 Å². The number of aryl methyl sites for hydroxylation is 1. The molecular weight excluding hydrogens is 608 g/mol. The van der Waals surface area contributed by atoms with Gasteiger partial charge in [-0.2, -0.15) is 0 Å². The average molecular weight is 657 g/mol. The van der Waals surface area contributed by atoms with E-state index in [2.05, 4.69) is 20.9 Å². The minimum atomic E-state index is -2.87. The van der Waals surface area contributed by atoms with Crippen LogP contribution in [0.15, 0.2) is 24.4 Å². The molecule has 252 valence electrons. The summed E-state index contributed by atoms with van der Waals surface area (Å²) >= 11 is 0. The maximum absolute atomic E-state index is 14.6. The summed E-state index contributed by atoms with van der Waals surface area (Å²) in [5.41, 5.74) is 1.08. The van der Waals surface area contributed by atoms with Crippen LogP contribution in [0.4, 0.5) is 11.4 Å². The highest BCUT2D eigenvalue weighted by atomic mass is 28.4. The van der Waals surface area contributed by atoms with Gasteiger partial charge in [0.05, 0.1) is 30.5 Å². The number of nitrogens with one attached hydrogen (secondary N) is 2. The number of esters is 1. The van der Waals surface area contributed by atoms with E-state index in [-0.39, 0.29) is 48.2 Å². The first-order chi connectivity index (χ1) is 22.0. The fourth-order valence-corrected chi connectivity index (χ4v) is 10.1. The Morgan fingerprint density at radius 1 is 1.26 bits per heavy atom. The molecule has 1 aromatic carbocycles. The average Bonchev–Trinajstić information content (AvgIpc) is 3.68. The molecule has 5 atom stereocenters. The van der Waals surface area contributed by atoms with Gasteiger partial charge in [0.15, 0.2) is 13.9 Å². The lowest BCUT2D eigenvalue weighted by molar-refractivity contribution is -0.146. The number of unbranched alkanes of at least 4 members (excludes halogenated alkanes) is 1. The van der Waals surface area contributed by atoms with Crippen molar-refractivity contribution in [2.24, 2.45) is 11.8 Å². The monoisotopic (exact) mass is 656 g/mol. The summed E-state index contributed by atoms with van der Waals surface area (Å²) in [6.07, 6.45) is 5.46. The van der Waals surface area contributed by atoms with E-state index in [0.717, 1.165) is 19.4 Å². The van der Waals surface area contributed by atoms with Crippen LogP contribution in [-0.2, 0) is 42.4 Å². The molecule has 14 heteroatoms. The fraction of sp³-hybridized carbons (Fsp3) is 0.656. The normalized spacial score (nSPS) is 26.0. The third-order valence-electron chi connectivity index (χ3n) is 9.76. The number of nitrogens with zero attached hydrogens (tertiary/aromatic N) is 4. The van der Waals surface area contributed by atoms with Crippen LogP contribution in [0.1, 0.15) is 56.7 Å². The molecule has 2 amide bonds. The van der Waals surface area contributed by atoms with E-state index in [4.69, 9.17) is 9.47 Å². The topological polar surface area (TPSA) is 168 Å². The number of benzene rings is 1. The van der Waals surface area contributed by atoms with Gasteiger partial charge in [0.1, 0.15) is 0 Å². The van der Waals surface area contributed by atoms with Crippen LogP contribution < -0.4 is 15.5 Å². The van der Waals surface area contributed by atoms with Gasteiger partial charge in [-0.25, -0.2) is 0 Å². The van der Waals surface area contributed by atoms with Crippen molar-refractivity contribution in [1.29, 1.82) is 0 Å². The number of ether oxygens (including phenoxy) is 2. The zero-order valence-corrected chi connectivity index (χ0v) is 28.3. The Labute approximate surface area is 271 Å². The van der Waals surface area contributed by atoms with E-state index in [1.54, 1.807) is 15.8 Å². The zero-order chi connectivity index (χ0) is 33.1. The first-order valence-corrected chi connectivity index (χ1v) is 19.5. The number of carbonyl (C=O) groups is 3. The molecule has 2 aromatic rings. The molecule has 1 aromatic heterocycles. The van der Waals surface area contributed by atoms with Gasteiger partial charge >= 0.3 is 5.97 Å². The highest BCUT2D eigenvalue weighted by Gasteiger charge is 2.66. The van der Waals surface area contributed by atoms with Crippen molar-refractivity contribution in [3.63, 3.8) is 0 Å². The lowest BCUT2D eigenvalue weighted by atomic mass is 9.82. The zero-order valence-electron chi connectivity index (χ0n) is 27.3. The van der Waals surface area contributed by atoms with E-state index in [9.17, 15) is 24.3 Å². The van der Waals surface area contributed by atoms with Crippen molar-refractivity contribution < 1.29 is 33.8 Å². The van der Waals surface area contributed by atoms with Crippen molar-refractivity contribution in [2.45, 2.75) is 88.8 Å². The smallest absolute Gasteiger partial charge is 0.305 e. The summed E-state index contributed by atoms with van der Waals surface area (Å²) < 4.78 is 13.4. The summed E-state index contributed by atoms with van der Waals surface area (Å²) in [4.78, 5) is 52.9. The van der Waals surface area contributed by atoms with Crippen molar-refractivity contribution >= 4 is 37.5 Å². The number of anilines is 2. The molecule has 1 unspecified atom stereocenters. The number of hydrogen-bond donors (Lipinski definition) is 4. The maximum Gasteiger partial charge on any atom is 0.305 e. The Kier molecular flexibility index (Phi) is 10.6. The highest BCUT2D eigenvalue weighted by Crippen LogP contribution is 2.60. The van der Waals surface area contributed by atoms with Crippen molar-refractivity contribution in [2.75, 3.05) is 43.6 Å². The molecule has 1 spiro atoms. The molecule has 0 radical (unpaired) electrons. The number of methoxy groups -OCH3 is 1. The lowest BCUT2D eigenvalue weighted by Gasteiger charge is -2.32. The molecule has 3 aliphatic rings. The summed E-state index contributed by atoms with van der Waals surface area (Å²) in [6.45, 7) is 8.15. The third-order valence-corrected chi connectivity index (χ3v) is 12.3. The Balaban J connectivity index is 1.46. The molecule has 4 N–H and O–H groups in total. The number of aliphatic hydroxyl groups is 1. The van der Waals surface area contributed by atoms with Gasteiger partial charge in [0.25, 0.3) is 5.91 Å². The van der Waals surface area contributed by atoms with Crippen LogP contribution in [-0.4, -0.2) is 90.5 Å². The number of aromatic nitrogens is 3. The second-order valence-electron chi connectivity index (χ2n) is 13.3. The number of hydrogen-bond acceptors (Lipinski definition) is 10. The van der Waals surface area contributed by atoms with Gasteiger partial charge in [0, 0.05) is 68.0 Å². The SMILES string of the molecule is COC(=O)CCCCN1C(=O)[C@]2(O[C@H](CCn3cc(CCO)nn3)[C@@H]([Si](C)(C)O)[C@@H]2C)c2cc(NC(=O)C3CCCNC3)ccc21. The number of aliphatic hydroxyl groups excluding tert-OH is 1. The van der Waals surface area contributed by atoms with E-state index >= 15 is 0 Å². The number of piperidine rings is 1. The van der Waals surface area contributed by atoms with E-state index in [0.29, 0.717) is 67.9 Å². The third kappa shape index (κ3) is 6.91. The van der Waals surface area contributed by atoms with Gasteiger partial charge in [0.2, 0.25) is 5.91 Å². The van der Waals surface area contributed by atoms with Crippen molar-refractivity contribution in [3.05, 3.63) is 35.7 Å². The van der Waals surface area contributed by atoms with Crippen molar-refractivity contribution in [1.82, 2.24) is 20.3 Å².